The van der Waals surface area contributed by atoms with Gasteiger partial charge in [0.25, 0.3) is 0 Å². The molecule has 6 nitrogen and oxygen atoms in total. The third kappa shape index (κ3) is 3.58. The van der Waals surface area contributed by atoms with E-state index in [-0.39, 0.29) is 16.7 Å². The zero-order chi connectivity index (χ0) is 19.0. The van der Waals surface area contributed by atoms with E-state index in [2.05, 4.69) is 10.3 Å². The lowest BCUT2D eigenvalue weighted by molar-refractivity contribution is 0.241. The highest BCUT2D eigenvalue weighted by atomic mass is 35.5. The Kier molecular flexibility index (Phi) is 4.91. The first kappa shape index (κ1) is 18.0. The summed E-state index contributed by atoms with van der Waals surface area (Å²) in [6.45, 7) is 1.81. The summed E-state index contributed by atoms with van der Waals surface area (Å²) in [7, 11) is 0. The number of carbonyl (C=O) groups is 1. The second-order valence-corrected chi connectivity index (χ2v) is 7.72. The number of rotatable bonds is 3. The predicted molar refractivity (Wildman–Crippen MR) is 103 cm³/mol. The third-order valence-electron chi connectivity index (χ3n) is 5.50. The molecule has 2 amide bonds. The lowest BCUT2D eigenvalue weighted by Gasteiger charge is -2.29. The van der Waals surface area contributed by atoms with Gasteiger partial charge in [-0.3, -0.25) is 0 Å². The summed E-state index contributed by atoms with van der Waals surface area (Å²) in [5, 5.41) is 12.8. The van der Waals surface area contributed by atoms with Crippen molar-refractivity contribution in [2.75, 3.05) is 0 Å². The van der Waals surface area contributed by atoms with Crippen LogP contribution in [-0.2, 0) is 0 Å². The van der Waals surface area contributed by atoms with E-state index in [9.17, 15) is 9.90 Å². The molecule has 2 aliphatic rings. The summed E-state index contributed by atoms with van der Waals surface area (Å²) in [4.78, 5) is 20.8. The molecular formula is C20H22ClN3O3. The van der Waals surface area contributed by atoms with E-state index in [0.29, 0.717) is 17.5 Å². The van der Waals surface area contributed by atoms with Gasteiger partial charge in [0.05, 0.1) is 22.7 Å². The minimum absolute atomic E-state index is 0.000185. The number of oxazole rings is 1. The Hall–Kier alpha value is -2.34. The highest BCUT2D eigenvalue weighted by Gasteiger charge is 2.37. The molecule has 0 spiro atoms. The molecule has 2 atom stereocenters. The average Bonchev–Trinajstić information content (AvgIpc) is 3.13. The molecule has 7 heteroatoms. The van der Waals surface area contributed by atoms with Gasteiger partial charge in [-0.1, -0.05) is 36.9 Å². The largest absolute Gasteiger partial charge is 0.506 e. The number of nitrogens with one attached hydrogen (secondary N) is 1. The van der Waals surface area contributed by atoms with E-state index in [1.165, 1.54) is 25.3 Å². The molecule has 0 radical (unpaired) electrons. The number of aliphatic imine (C=N–C) groups is 1. The zero-order valence-corrected chi connectivity index (χ0v) is 15.9. The number of hydrogen-bond donors (Lipinski definition) is 2. The quantitative estimate of drug-likeness (QED) is 0.767. The Morgan fingerprint density at radius 2 is 2.04 bits per heavy atom. The fourth-order valence-electron chi connectivity index (χ4n) is 4.06. The Labute approximate surface area is 162 Å². The van der Waals surface area contributed by atoms with Gasteiger partial charge >= 0.3 is 6.03 Å². The fourth-order valence-corrected chi connectivity index (χ4v) is 4.25. The molecule has 142 valence electrons. The van der Waals surface area contributed by atoms with Crippen molar-refractivity contribution in [1.29, 1.82) is 0 Å². The van der Waals surface area contributed by atoms with Crippen molar-refractivity contribution in [3.8, 4) is 5.75 Å². The molecule has 1 fully saturated rings. The maximum absolute atomic E-state index is 12.0. The molecule has 4 rings (SSSR count). The molecule has 1 aliphatic heterocycles. The van der Waals surface area contributed by atoms with Crippen LogP contribution in [0.25, 0.3) is 0 Å². The number of hydrogen-bond acceptors (Lipinski definition) is 4. The van der Waals surface area contributed by atoms with E-state index in [1.807, 2.05) is 6.92 Å². The highest BCUT2D eigenvalue weighted by molar-refractivity contribution is 6.32. The topological polar surface area (TPSA) is 87.7 Å². The standard InChI is InChI=1S/C20H22ClN3O3/c1-11-17(19-23-15(10-27-19)12-5-3-2-4-6-12)18(24-20(26)22-11)13-7-8-16(25)14(21)9-13/h7-10,12,17-18,25H,2-6H2,1H3,(H,24,26). The van der Waals surface area contributed by atoms with E-state index < -0.39 is 12.1 Å². The first-order chi connectivity index (χ1) is 13.0. The highest BCUT2D eigenvalue weighted by Crippen LogP contribution is 2.39. The van der Waals surface area contributed by atoms with Crippen molar-refractivity contribution in [3.63, 3.8) is 0 Å². The number of aromatic hydroxyl groups is 1. The summed E-state index contributed by atoms with van der Waals surface area (Å²) in [6, 6.07) is 4.09. The molecule has 2 N–H and O–H groups in total. The van der Waals surface area contributed by atoms with Gasteiger partial charge < -0.3 is 14.8 Å². The Morgan fingerprint density at radius 1 is 1.26 bits per heavy atom. The Balaban J connectivity index is 1.69. The second-order valence-electron chi connectivity index (χ2n) is 7.31. The fraction of sp³-hybridized carbons (Fsp3) is 0.450. The number of amides is 2. The molecule has 0 saturated heterocycles. The number of benzene rings is 1. The van der Waals surface area contributed by atoms with Crippen molar-refractivity contribution < 1.29 is 14.3 Å². The molecule has 2 aromatic rings. The van der Waals surface area contributed by atoms with Crippen molar-refractivity contribution >= 4 is 23.3 Å². The van der Waals surface area contributed by atoms with Crippen LogP contribution in [0, 0.1) is 0 Å². The minimum atomic E-state index is -0.411. The van der Waals surface area contributed by atoms with Crippen molar-refractivity contribution in [2.24, 2.45) is 4.99 Å². The SMILES string of the molecule is CC1=NC(=O)NC(c2ccc(O)c(Cl)c2)C1c1nc(C2CCCCC2)co1. The summed E-state index contributed by atoms with van der Waals surface area (Å²) >= 11 is 6.07. The average molecular weight is 388 g/mol. The van der Waals surface area contributed by atoms with Gasteiger partial charge in [0.2, 0.25) is 5.89 Å². The number of phenolic OH excluding ortho intramolecular Hbond substituents is 1. The number of urea groups is 1. The maximum atomic E-state index is 12.0. The van der Waals surface area contributed by atoms with E-state index in [1.54, 1.807) is 18.4 Å². The molecule has 1 aromatic heterocycles. The lowest BCUT2D eigenvalue weighted by atomic mass is 9.87. The van der Waals surface area contributed by atoms with Gasteiger partial charge in [0.1, 0.15) is 12.0 Å². The van der Waals surface area contributed by atoms with Crippen LogP contribution in [0.5, 0.6) is 5.75 Å². The van der Waals surface area contributed by atoms with Crippen LogP contribution in [0.4, 0.5) is 4.79 Å². The van der Waals surface area contributed by atoms with Crippen molar-refractivity contribution in [2.45, 2.75) is 56.9 Å². The van der Waals surface area contributed by atoms with Crippen LogP contribution in [-0.4, -0.2) is 21.8 Å². The Morgan fingerprint density at radius 3 is 2.78 bits per heavy atom. The lowest BCUT2D eigenvalue weighted by Crippen LogP contribution is -2.38. The molecular weight excluding hydrogens is 366 g/mol. The van der Waals surface area contributed by atoms with Crippen molar-refractivity contribution in [1.82, 2.24) is 10.3 Å². The second kappa shape index (κ2) is 7.35. The smallest absolute Gasteiger partial charge is 0.341 e. The van der Waals surface area contributed by atoms with Gasteiger partial charge in [-0.15, -0.1) is 0 Å². The number of nitrogens with zero attached hydrogens (tertiary/aromatic N) is 2. The minimum Gasteiger partial charge on any atom is -0.506 e. The maximum Gasteiger partial charge on any atom is 0.341 e. The number of carbonyl (C=O) groups excluding carboxylic acids is 1. The van der Waals surface area contributed by atoms with Gasteiger partial charge in [-0.25, -0.2) is 14.8 Å². The molecule has 2 heterocycles. The molecule has 0 bridgehead atoms. The number of phenols is 1. The van der Waals surface area contributed by atoms with E-state index in [4.69, 9.17) is 21.0 Å². The number of aromatic nitrogens is 1. The van der Waals surface area contributed by atoms with Gasteiger partial charge in [-0.2, -0.15) is 0 Å². The summed E-state index contributed by atoms with van der Waals surface area (Å²) in [5.41, 5.74) is 2.39. The zero-order valence-electron chi connectivity index (χ0n) is 15.1. The molecule has 2 unspecified atom stereocenters. The van der Waals surface area contributed by atoms with E-state index >= 15 is 0 Å². The molecule has 27 heavy (non-hydrogen) atoms. The molecule has 1 aliphatic carbocycles. The Bertz CT molecular complexity index is 886. The third-order valence-corrected chi connectivity index (χ3v) is 5.80. The monoisotopic (exact) mass is 387 g/mol. The van der Waals surface area contributed by atoms with Crippen LogP contribution >= 0.6 is 11.6 Å². The van der Waals surface area contributed by atoms with Crippen molar-refractivity contribution in [3.05, 3.63) is 46.6 Å². The van der Waals surface area contributed by atoms with Gasteiger partial charge in [0.15, 0.2) is 0 Å². The van der Waals surface area contributed by atoms with Gasteiger partial charge in [-0.05, 0) is 37.5 Å². The van der Waals surface area contributed by atoms with Crippen LogP contribution in [0.15, 0.2) is 33.9 Å². The first-order valence-corrected chi connectivity index (χ1v) is 9.70. The first-order valence-electron chi connectivity index (χ1n) is 9.32. The van der Waals surface area contributed by atoms with Crippen LogP contribution in [0.2, 0.25) is 5.02 Å². The van der Waals surface area contributed by atoms with Crippen LogP contribution in [0.1, 0.15) is 74.1 Å². The van der Waals surface area contributed by atoms with Crippen LogP contribution in [0.3, 0.4) is 0 Å². The summed E-state index contributed by atoms with van der Waals surface area (Å²) < 4.78 is 5.84. The normalized spacial score (nSPS) is 23.8. The summed E-state index contributed by atoms with van der Waals surface area (Å²) in [5.74, 6) is 0.667. The summed E-state index contributed by atoms with van der Waals surface area (Å²) in [6.07, 6.45) is 7.75. The predicted octanol–water partition coefficient (Wildman–Crippen LogP) is 5.09. The molecule has 1 aromatic carbocycles. The van der Waals surface area contributed by atoms with Crippen LogP contribution < -0.4 is 5.32 Å². The number of halogens is 1. The van der Waals surface area contributed by atoms with Gasteiger partial charge in [0, 0.05) is 11.6 Å². The van der Waals surface area contributed by atoms with E-state index in [0.717, 1.165) is 24.1 Å². The molecule has 1 saturated carbocycles.